The molecule has 0 radical (unpaired) electrons. The minimum absolute atomic E-state index is 0.904. The van der Waals surface area contributed by atoms with Crippen LogP contribution in [-0.2, 0) is 6.42 Å². The summed E-state index contributed by atoms with van der Waals surface area (Å²) in [6.07, 6.45) is 1.15. The summed E-state index contributed by atoms with van der Waals surface area (Å²) in [5, 5.41) is 3.49. The van der Waals surface area contributed by atoms with Crippen LogP contribution < -0.4 is 10.1 Å². The van der Waals surface area contributed by atoms with E-state index in [1.54, 1.807) is 7.11 Å². The van der Waals surface area contributed by atoms with Crippen LogP contribution >= 0.6 is 0 Å². The van der Waals surface area contributed by atoms with Crippen LogP contribution in [0.3, 0.4) is 0 Å². The van der Waals surface area contributed by atoms with Crippen molar-refractivity contribution in [2.45, 2.75) is 6.42 Å². The fourth-order valence-corrected chi connectivity index (χ4v) is 3.21. The Bertz CT molecular complexity index is 378. The molecule has 98 valence electrons. The molecule has 0 spiro atoms. The quantitative estimate of drug-likeness (QED) is 0.869. The Kier molecular flexibility index (Phi) is 3.52. The van der Waals surface area contributed by atoms with Gasteiger partial charge in [0.1, 0.15) is 5.75 Å². The van der Waals surface area contributed by atoms with Gasteiger partial charge in [0.15, 0.2) is 0 Å². The van der Waals surface area contributed by atoms with E-state index in [0.29, 0.717) is 0 Å². The fraction of sp³-hybridized carbons (Fsp3) is 0.600. The first-order chi connectivity index (χ1) is 8.85. The van der Waals surface area contributed by atoms with Crippen molar-refractivity contribution in [1.82, 2.24) is 10.2 Å². The Morgan fingerprint density at radius 3 is 2.44 bits per heavy atom. The molecular formula is C15H22N2O. The average molecular weight is 246 g/mol. The Morgan fingerprint density at radius 2 is 1.83 bits per heavy atom. The van der Waals surface area contributed by atoms with Crippen molar-refractivity contribution in [2.24, 2.45) is 11.8 Å². The lowest BCUT2D eigenvalue weighted by atomic mass is 10.0. The van der Waals surface area contributed by atoms with Crippen molar-refractivity contribution in [3.05, 3.63) is 29.8 Å². The summed E-state index contributed by atoms with van der Waals surface area (Å²) in [6.45, 7) is 6.22. The number of hydrogen-bond donors (Lipinski definition) is 1. The first-order valence-electron chi connectivity index (χ1n) is 6.91. The number of benzene rings is 1. The number of nitrogens with zero attached hydrogens (tertiary/aromatic N) is 1. The molecule has 3 rings (SSSR count). The van der Waals surface area contributed by atoms with Crippen LogP contribution in [0.1, 0.15) is 5.56 Å². The normalized spacial score (nSPS) is 27.4. The van der Waals surface area contributed by atoms with Crippen LogP contribution in [0.15, 0.2) is 24.3 Å². The maximum Gasteiger partial charge on any atom is 0.118 e. The molecule has 2 atom stereocenters. The molecule has 3 heteroatoms. The van der Waals surface area contributed by atoms with E-state index in [9.17, 15) is 0 Å². The summed E-state index contributed by atoms with van der Waals surface area (Å²) in [6, 6.07) is 8.46. The maximum atomic E-state index is 5.18. The third-order valence-corrected chi connectivity index (χ3v) is 4.34. The van der Waals surface area contributed by atoms with E-state index >= 15 is 0 Å². The highest BCUT2D eigenvalue weighted by Crippen LogP contribution is 2.26. The number of likely N-dealkylation sites (tertiary alicyclic amines) is 1. The number of rotatable bonds is 4. The molecule has 1 N–H and O–H groups in total. The van der Waals surface area contributed by atoms with Crippen molar-refractivity contribution >= 4 is 0 Å². The summed E-state index contributed by atoms with van der Waals surface area (Å²) in [7, 11) is 1.71. The lowest BCUT2D eigenvalue weighted by molar-refractivity contribution is 0.317. The minimum Gasteiger partial charge on any atom is -0.497 e. The molecule has 2 heterocycles. The van der Waals surface area contributed by atoms with Gasteiger partial charge in [0.25, 0.3) is 0 Å². The molecule has 0 unspecified atom stereocenters. The summed E-state index contributed by atoms with van der Waals surface area (Å²) in [4.78, 5) is 2.63. The van der Waals surface area contributed by atoms with Crippen LogP contribution in [0.25, 0.3) is 0 Å². The van der Waals surface area contributed by atoms with E-state index in [0.717, 1.165) is 24.0 Å². The second-order valence-electron chi connectivity index (χ2n) is 5.54. The molecule has 18 heavy (non-hydrogen) atoms. The van der Waals surface area contributed by atoms with Crippen LogP contribution in [0.5, 0.6) is 5.75 Å². The Morgan fingerprint density at radius 1 is 1.17 bits per heavy atom. The molecule has 0 aromatic heterocycles. The largest absolute Gasteiger partial charge is 0.497 e. The van der Waals surface area contributed by atoms with E-state index in [4.69, 9.17) is 4.74 Å². The van der Waals surface area contributed by atoms with Crippen LogP contribution in [-0.4, -0.2) is 44.7 Å². The summed E-state index contributed by atoms with van der Waals surface area (Å²) >= 11 is 0. The number of ether oxygens (including phenoxy) is 1. The monoisotopic (exact) mass is 246 g/mol. The third kappa shape index (κ3) is 2.52. The van der Waals surface area contributed by atoms with E-state index in [1.165, 1.54) is 38.3 Å². The minimum atomic E-state index is 0.904. The molecule has 1 aromatic carbocycles. The summed E-state index contributed by atoms with van der Waals surface area (Å²) in [5.74, 6) is 2.75. The highest BCUT2D eigenvalue weighted by molar-refractivity contribution is 5.27. The first-order valence-corrected chi connectivity index (χ1v) is 6.91. The number of fused-ring (bicyclic) bond motifs is 1. The van der Waals surface area contributed by atoms with Crippen molar-refractivity contribution in [3.8, 4) is 5.75 Å². The van der Waals surface area contributed by atoms with Crippen molar-refractivity contribution in [3.63, 3.8) is 0 Å². The molecule has 0 amide bonds. The van der Waals surface area contributed by atoms with Gasteiger partial charge >= 0.3 is 0 Å². The van der Waals surface area contributed by atoms with Crippen LogP contribution in [0.2, 0.25) is 0 Å². The smallest absolute Gasteiger partial charge is 0.118 e. The average Bonchev–Trinajstić information content (AvgIpc) is 2.97. The Balaban J connectivity index is 1.49. The molecule has 2 aliphatic heterocycles. The SMILES string of the molecule is COc1ccc(CCN2C[C@H]3CNC[C@H]3C2)cc1. The highest BCUT2D eigenvalue weighted by Gasteiger charge is 2.35. The molecular weight excluding hydrogens is 224 g/mol. The second kappa shape index (κ2) is 5.29. The standard InChI is InChI=1S/C15H22N2O/c1-18-15-4-2-12(3-5-15)6-7-17-10-13-8-16-9-14(13)11-17/h2-5,13-14,16H,6-11H2,1H3/t13-,14+. The second-order valence-corrected chi connectivity index (χ2v) is 5.54. The van der Waals surface area contributed by atoms with E-state index in [-0.39, 0.29) is 0 Å². The lowest BCUT2D eigenvalue weighted by Crippen LogP contribution is -2.27. The highest BCUT2D eigenvalue weighted by atomic mass is 16.5. The molecule has 3 nitrogen and oxygen atoms in total. The summed E-state index contributed by atoms with van der Waals surface area (Å²) < 4.78 is 5.18. The molecule has 0 bridgehead atoms. The van der Waals surface area contributed by atoms with Gasteiger partial charge < -0.3 is 15.0 Å². The zero-order valence-corrected chi connectivity index (χ0v) is 11.1. The van der Waals surface area contributed by atoms with Gasteiger partial charge in [-0.2, -0.15) is 0 Å². The number of nitrogens with one attached hydrogen (secondary N) is 1. The van der Waals surface area contributed by atoms with Crippen molar-refractivity contribution in [1.29, 1.82) is 0 Å². The predicted molar refractivity (Wildman–Crippen MR) is 73.0 cm³/mol. The zero-order valence-electron chi connectivity index (χ0n) is 11.1. The molecule has 0 aliphatic carbocycles. The van der Waals surface area contributed by atoms with Gasteiger partial charge in [-0.05, 0) is 49.0 Å². The van der Waals surface area contributed by atoms with Gasteiger partial charge in [-0.3, -0.25) is 0 Å². The van der Waals surface area contributed by atoms with Gasteiger partial charge in [0, 0.05) is 19.6 Å². The van der Waals surface area contributed by atoms with Gasteiger partial charge in [0.2, 0.25) is 0 Å². The van der Waals surface area contributed by atoms with E-state index < -0.39 is 0 Å². The van der Waals surface area contributed by atoms with Gasteiger partial charge in [-0.25, -0.2) is 0 Å². The van der Waals surface area contributed by atoms with Gasteiger partial charge in [-0.15, -0.1) is 0 Å². The lowest BCUT2D eigenvalue weighted by Gasteiger charge is -2.16. The van der Waals surface area contributed by atoms with E-state index in [2.05, 4.69) is 34.5 Å². The first kappa shape index (κ1) is 12.0. The fourth-order valence-electron chi connectivity index (χ4n) is 3.21. The molecule has 2 aliphatic rings. The molecule has 0 saturated carbocycles. The van der Waals surface area contributed by atoms with Crippen molar-refractivity contribution in [2.75, 3.05) is 39.8 Å². The Hall–Kier alpha value is -1.06. The molecule has 2 saturated heterocycles. The number of hydrogen-bond acceptors (Lipinski definition) is 3. The van der Waals surface area contributed by atoms with Gasteiger partial charge in [-0.1, -0.05) is 12.1 Å². The Labute approximate surface area is 109 Å². The van der Waals surface area contributed by atoms with Crippen LogP contribution in [0.4, 0.5) is 0 Å². The number of methoxy groups -OCH3 is 1. The molecule has 2 fully saturated rings. The predicted octanol–water partition coefficient (Wildman–Crippen LogP) is 1.39. The van der Waals surface area contributed by atoms with Crippen molar-refractivity contribution < 1.29 is 4.74 Å². The topological polar surface area (TPSA) is 24.5 Å². The van der Waals surface area contributed by atoms with Gasteiger partial charge in [0.05, 0.1) is 7.11 Å². The maximum absolute atomic E-state index is 5.18. The van der Waals surface area contributed by atoms with Crippen LogP contribution in [0, 0.1) is 11.8 Å². The molecule has 1 aromatic rings. The summed E-state index contributed by atoms with van der Waals surface area (Å²) in [5.41, 5.74) is 1.41. The third-order valence-electron chi connectivity index (χ3n) is 4.34. The zero-order chi connectivity index (χ0) is 12.4. The van der Waals surface area contributed by atoms with E-state index in [1.807, 2.05) is 0 Å².